The molecule has 0 aliphatic heterocycles. The summed E-state index contributed by atoms with van der Waals surface area (Å²) in [6.07, 6.45) is 4.93. The quantitative estimate of drug-likeness (QED) is 0.610. The molecule has 4 N–H and O–H groups in total. The van der Waals surface area contributed by atoms with Crippen LogP contribution in [-0.4, -0.2) is 27.3 Å². The Bertz CT molecular complexity index is 396. The third kappa shape index (κ3) is 3.29. The fourth-order valence-corrected chi connectivity index (χ4v) is 1.61. The first-order valence-electron chi connectivity index (χ1n) is 5.35. The summed E-state index contributed by atoms with van der Waals surface area (Å²) in [6, 6.07) is -0.917. The Balaban J connectivity index is 2.98. The standard InChI is InChI=1S/C12H17N3O2/c1-3-5-10-8(7-9(13)12(16)17)11(6-4-2)15-14-10/h3-4,9H,1-2,5-7,13H2,(H,14,15)(H,16,17). The lowest BCUT2D eigenvalue weighted by molar-refractivity contribution is -0.138. The zero-order chi connectivity index (χ0) is 12.8. The molecule has 0 saturated heterocycles. The first-order valence-corrected chi connectivity index (χ1v) is 5.35. The highest BCUT2D eigenvalue weighted by Crippen LogP contribution is 2.15. The molecule has 17 heavy (non-hydrogen) atoms. The minimum Gasteiger partial charge on any atom is -0.480 e. The van der Waals surface area contributed by atoms with Gasteiger partial charge in [0.05, 0.1) is 5.69 Å². The predicted molar refractivity (Wildman–Crippen MR) is 65.7 cm³/mol. The molecule has 0 aliphatic rings. The predicted octanol–water partition coefficient (Wildman–Crippen LogP) is 0.821. The van der Waals surface area contributed by atoms with Crippen molar-refractivity contribution >= 4 is 5.97 Å². The van der Waals surface area contributed by atoms with Crippen LogP contribution in [0.5, 0.6) is 0 Å². The molecule has 0 fully saturated rings. The van der Waals surface area contributed by atoms with E-state index in [4.69, 9.17) is 10.8 Å². The number of carboxylic acids is 1. The van der Waals surface area contributed by atoms with Gasteiger partial charge < -0.3 is 10.8 Å². The molecule has 1 aromatic rings. The number of hydrogen-bond donors (Lipinski definition) is 3. The number of hydrogen-bond acceptors (Lipinski definition) is 3. The zero-order valence-corrected chi connectivity index (χ0v) is 9.65. The summed E-state index contributed by atoms with van der Waals surface area (Å²) >= 11 is 0. The second-order valence-corrected chi connectivity index (χ2v) is 3.76. The van der Waals surface area contributed by atoms with Crippen LogP contribution in [-0.2, 0) is 24.1 Å². The summed E-state index contributed by atoms with van der Waals surface area (Å²) in [6.45, 7) is 7.30. The van der Waals surface area contributed by atoms with Crippen molar-refractivity contribution in [1.82, 2.24) is 10.2 Å². The topological polar surface area (TPSA) is 92.0 Å². The smallest absolute Gasteiger partial charge is 0.320 e. The molecule has 5 heteroatoms. The van der Waals surface area contributed by atoms with Crippen LogP contribution in [0.4, 0.5) is 0 Å². The molecular weight excluding hydrogens is 218 g/mol. The van der Waals surface area contributed by atoms with Gasteiger partial charge in [-0.2, -0.15) is 5.10 Å². The van der Waals surface area contributed by atoms with Crippen LogP contribution in [0, 0.1) is 0 Å². The number of nitrogens with one attached hydrogen (secondary N) is 1. The Morgan fingerprint density at radius 3 is 2.65 bits per heavy atom. The Kier molecular flexibility index (Phi) is 4.66. The number of aromatic amines is 1. The van der Waals surface area contributed by atoms with Crippen molar-refractivity contribution in [3.8, 4) is 0 Å². The van der Waals surface area contributed by atoms with Crippen LogP contribution < -0.4 is 5.73 Å². The normalized spacial score (nSPS) is 12.1. The van der Waals surface area contributed by atoms with Crippen molar-refractivity contribution in [2.75, 3.05) is 0 Å². The third-order valence-corrected chi connectivity index (χ3v) is 2.47. The number of aromatic nitrogens is 2. The molecule has 1 rings (SSSR count). The second kappa shape index (κ2) is 6.00. The first kappa shape index (κ1) is 13.2. The van der Waals surface area contributed by atoms with E-state index in [9.17, 15) is 4.79 Å². The minimum atomic E-state index is -1.01. The van der Waals surface area contributed by atoms with E-state index in [2.05, 4.69) is 23.4 Å². The number of carbonyl (C=O) groups is 1. The van der Waals surface area contributed by atoms with E-state index in [1.54, 1.807) is 12.2 Å². The summed E-state index contributed by atoms with van der Waals surface area (Å²) in [5, 5.41) is 15.9. The van der Waals surface area contributed by atoms with Crippen molar-refractivity contribution in [3.05, 3.63) is 42.3 Å². The molecule has 0 bridgehead atoms. The van der Waals surface area contributed by atoms with Crippen LogP contribution in [0.1, 0.15) is 17.0 Å². The SMILES string of the molecule is C=CCc1n[nH]c(CC=C)c1CC(N)C(=O)O. The molecular formula is C12H17N3O2. The fraction of sp³-hybridized carbons (Fsp3) is 0.333. The van der Waals surface area contributed by atoms with Crippen LogP contribution in [0.2, 0.25) is 0 Å². The van der Waals surface area contributed by atoms with E-state index in [1.165, 1.54) is 0 Å². The second-order valence-electron chi connectivity index (χ2n) is 3.76. The third-order valence-electron chi connectivity index (χ3n) is 2.47. The van der Waals surface area contributed by atoms with Crippen LogP contribution in [0.25, 0.3) is 0 Å². The van der Waals surface area contributed by atoms with Gasteiger partial charge >= 0.3 is 5.97 Å². The molecule has 0 radical (unpaired) electrons. The molecule has 5 nitrogen and oxygen atoms in total. The summed E-state index contributed by atoms with van der Waals surface area (Å²) in [7, 11) is 0. The van der Waals surface area contributed by atoms with Gasteiger partial charge in [-0.25, -0.2) is 0 Å². The maximum Gasteiger partial charge on any atom is 0.320 e. The zero-order valence-electron chi connectivity index (χ0n) is 9.65. The Labute approximate surface area is 100 Å². The molecule has 1 atom stereocenters. The molecule has 92 valence electrons. The monoisotopic (exact) mass is 235 g/mol. The lowest BCUT2D eigenvalue weighted by atomic mass is 10.0. The number of carboxylic acid groups (broad SMARTS) is 1. The van der Waals surface area contributed by atoms with Crippen molar-refractivity contribution in [2.24, 2.45) is 5.73 Å². The number of rotatable bonds is 7. The Morgan fingerprint density at radius 1 is 1.47 bits per heavy atom. The molecule has 0 aliphatic carbocycles. The lowest BCUT2D eigenvalue weighted by Crippen LogP contribution is -2.32. The van der Waals surface area contributed by atoms with Gasteiger partial charge in [0.1, 0.15) is 6.04 Å². The summed E-state index contributed by atoms with van der Waals surface area (Å²) < 4.78 is 0. The average molecular weight is 235 g/mol. The highest BCUT2D eigenvalue weighted by atomic mass is 16.4. The van der Waals surface area contributed by atoms with E-state index >= 15 is 0 Å². The number of allylic oxidation sites excluding steroid dienone is 2. The van der Waals surface area contributed by atoms with Crippen LogP contribution in [0.15, 0.2) is 25.3 Å². The molecule has 0 amide bonds. The fourth-order valence-electron chi connectivity index (χ4n) is 1.61. The highest BCUT2D eigenvalue weighted by molar-refractivity contribution is 5.73. The van der Waals surface area contributed by atoms with Crippen molar-refractivity contribution in [2.45, 2.75) is 25.3 Å². The van der Waals surface area contributed by atoms with Crippen molar-refractivity contribution in [1.29, 1.82) is 0 Å². The average Bonchev–Trinajstić information content (AvgIpc) is 2.63. The van der Waals surface area contributed by atoms with Crippen LogP contribution in [0.3, 0.4) is 0 Å². The number of nitrogens with zero attached hydrogens (tertiary/aromatic N) is 1. The highest BCUT2D eigenvalue weighted by Gasteiger charge is 2.18. The molecule has 0 saturated carbocycles. The molecule has 1 unspecified atom stereocenters. The largest absolute Gasteiger partial charge is 0.480 e. The van der Waals surface area contributed by atoms with Gasteiger partial charge in [0.2, 0.25) is 0 Å². The minimum absolute atomic E-state index is 0.262. The van der Waals surface area contributed by atoms with E-state index in [0.29, 0.717) is 12.8 Å². The maximum atomic E-state index is 10.8. The van der Waals surface area contributed by atoms with E-state index in [-0.39, 0.29) is 6.42 Å². The molecule has 1 aromatic heterocycles. The van der Waals surface area contributed by atoms with Gasteiger partial charge in [0.25, 0.3) is 0 Å². The van der Waals surface area contributed by atoms with Crippen molar-refractivity contribution in [3.63, 3.8) is 0 Å². The Morgan fingerprint density at radius 2 is 2.12 bits per heavy atom. The number of aliphatic carboxylic acids is 1. The molecule has 0 spiro atoms. The van der Waals surface area contributed by atoms with Gasteiger partial charge in [-0.15, -0.1) is 13.2 Å². The van der Waals surface area contributed by atoms with Gasteiger partial charge in [0, 0.05) is 25.0 Å². The Hall–Kier alpha value is -1.88. The van der Waals surface area contributed by atoms with Gasteiger partial charge in [-0.1, -0.05) is 12.2 Å². The van der Waals surface area contributed by atoms with E-state index < -0.39 is 12.0 Å². The summed E-state index contributed by atoms with van der Waals surface area (Å²) in [4.78, 5) is 10.8. The van der Waals surface area contributed by atoms with Gasteiger partial charge in [-0.05, 0) is 5.56 Å². The van der Waals surface area contributed by atoms with E-state index in [1.807, 2.05) is 0 Å². The van der Waals surface area contributed by atoms with E-state index in [0.717, 1.165) is 17.0 Å². The molecule has 1 heterocycles. The van der Waals surface area contributed by atoms with Gasteiger partial charge in [-0.3, -0.25) is 9.89 Å². The number of nitrogens with two attached hydrogens (primary N) is 1. The van der Waals surface area contributed by atoms with Crippen molar-refractivity contribution < 1.29 is 9.90 Å². The molecule has 0 aromatic carbocycles. The number of H-pyrrole nitrogens is 1. The van der Waals surface area contributed by atoms with Crippen LogP contribution >= 0.6 is 0 Å². The summed E-state index contributed by atoms with van der Waals surface area (Å²) in [5.41, 5.74) is 8.07. The summed E-state index contributed by atoms with van der Waals surface area (Å²) in [5.74, 6) is -1.01. The van der Waals surface area contributed by atoms with Gasteiger partial charge in [0.15, 0.2) is 0 Å². The lowest BCUT2D eigenvalue weighted by Gasteiger charge is -2.07. The maximum absolute atomic E-state index is 10.8. The first-order chi connectivity index (χ1) is 8.10.